The molecule has 0 aromatic carbocycles. The van der Waals surface area contributed by atoms with Crippen molar-refractivity contribution in [2.75, 3.05) is 13.1 Å². The van der Waals surface area contributed by atoms with Gasteiger partial charge in [0.1, 0.15) is 5.75 Å². The van der Waals surface area contributed by atoms with Crippen molar-refractivity contribution >= 4 is 5.91 Å². The molecule has 5 heteroatoms. The number of aromatic hydroxyl groups is 1. The second kappa shape index (κ2) is 6.96. The number of nitrogens with one attached hydrogen (secondary N) is 1. The number of carbonyl (C=O) groups is 1. The van der Waals surface area contributed by atoms with Crippen molar-refractivity contribution in [3.8, 4) is 5.75 Å². The molecule has 1 rings (SSSR count). The monoisotopic (exact) mass is 251 g/mol. The molecule has 0 aliphatic carbocycles. The van der Waals surface area contributed by atoms with Gasteiger partial charge in [-0.3, -0.25) is 9.78 Å². The SMILES string of the molecule is CCN(CC)C(=O)C(C)NCc1ccc(O)cn1. The van der Waals surface area contributed by atoms with Crippen LogP contribution in [0, 0.1) is 0 Å². The zero-order valence-electron chi connectivity index (χ0n) is 11.2. The van der Waals surface area contributed by atoms with Crippen LogP contribution in [0.3, 0.4) is 0 Å². The van der Waals surface area contributed by atoms with Crippen molar-refractivity contribution in [3.63, 3.8) is 0 Å². The highest BCUT2D eigenvalue weighted by Crippen LogP contribution is 2.06. The van der Waals surface area contributed by atoms with E-state index in [1.807, 2.05) is 20.8 Å². The lowest BCUT2D eigenvalue weighted by atomic mass is 10.2. The van der Waals surface area contributed by atoms with Crippen LogP contribution in [0.1, 0.15) is 26.5 Å². The summed E-state index contributed by atoms with van der Waals surface area (Å²) in [6.07, 6.45) is 1.40. The number of hydrogen-bond donors (Lipinski definition) is 2. The third-order valence-electron chi connectivity index (χ3n) is 2.84. The molecule has 100 valence electrons. The Hall–Kier alpha value is -1.62. The normalized spacial score (nSPS) is 12.2. The Kier molecular flexibility index (Phi) is 5.58. The summed E-state index contributed by atoms with van der Waals surface area (Å²) in [5.74, 6) is 0.241. The number of pyridine rings is 1. The Morgan fingerprint density at radius 1 is 1.44 bits per heavy atom. The van der Waals surface area contributed by atoms with Gasteiger partial charge in [-0.05, 0) is 32.9 Å². The Morgan fingerprint density at radius 2 is 2.11 bits per heavy atom. The van der Waals surface area contributed by atoms with Crippen LogP contribution >= 0.6 is 0 Å². The third kappa shape index (κ3) is 4.00. The number of hydrogen-bond acceptors (Lipinski definition) is 4. The second-order valence-corrected chi connectivity index (χ2v) is 4.12. The lowest BCUT2D eigenvalue weighted by Crippen LogP contribution is -2.44. The van der Waals surface area contributed by atoms with Crippen molar-refractivity contribution in [3.05, 3.63) is 24.0 Å². The van der Waals surface area contributed by atoms with E-state index in [-0.39, 0.29) is 17.7 Å². The molecule has 5 nitrogen and oxygen atoms in total. The Labute approximate surface area is 108 Å². The Bertz CT molecular complexity index is 374. The van der Waals surface area contributed by atoms with E-state index < -0.39 is 0 Å². The van der Waals surface area contributed by atoms with Crippen LogP contribution < -0.4 is 5.32 Å². The fourth-order valence-electron chi connectivity index (χ4n) is 1.68. The van der Waals surface area contributed by atoms with Crippen molar-refractivity contribution in [1.82, 2.24) is 15.2 Å². The van der Waals surface area contributed by atoms with E-state index in [1.165, 1.54) is 6.20 Å². The van der Waals surface area contributed by atoms with E-state index in [1.54, 1.807) is 17.0 Å². The molecule has 0 saturated heterocycles. The van der Waals surface area contributed by atoms with Gasteiger partial charge in [0.25, 0.3) is 0 Å². The van der Waals surface area contributed by atoms with E-state index in [9.17, 15) is 4.79 Å². The summed E-state index contributed by atoms with van der Waals surface area (Å²) in [5, 5.41) is 12.2. The summed E-state index contributed by atoms with van der Waals surface area (Å²) in [7, 11) is 0. The van der Waals surface area contributed by atoms with Crippen LogP contribution in [0.2, 0.25) is 0 Å². The Balaban J connectivity index is 2.47. The Morgan fingerprint density at radius 3 is 2.61 bits per heavy atom. The summed E-state index contributed by atoms with van der Waals surface area (Å²) in [4.78, 5) is 17.8. The molecule has 0 saturated carbocycles. The summed E-state index contributed by atoms with van der Waals surface area (Å²) in [6, 6.07) is 3.08. The predicted molar refractivity (Wildman–Crippen MR) is 70.1 cm³/mol. The van der Waals surface area contributed by atoms with E-state index in [0.29, 0.717) is 6.54 Å². The van der Waals surface area contributed by atoms with Crippen molar-refractivity contribution < 1.29 is 9.90 Å². The largest absolute Gasteiger partial charge is 0.506 e. The zero-order valence-corrected chi connectivity index (χ0v) is 11.2. The molecule has 1 aromatic heterocycles. The van der Waals surface area contributed by atoms with Gasteiger partial charge < -0.3 is 15.3 Å². The highest BCUT2D eigenvalue weighted by Gasteiger charge is 2.17. The van der Waals surface area contributed by atoms with E-state index in [0.717, 1.165) is 18.8 Å². The molecule has 0 aliphatic rings. The smallest absolute Gasteiger partial charge is 0.239 e. The summed E-state index contributed by atoms with van der Waals surface area (Å²) in [5.41, 5.74) is 0.798. The van der Waals surface area contributed by atoms with Crippen LogP contribution in [-0.4, -0.2) is 40.0 Å². The average molecular weight is 251 g/mol. The topological polar surface area (TPSA) is 65.5 Å². The van der Waals surface area contributed by atoms with Gasteiger partial charge in [-0.1, -0.05) is 0 Å². The minimum absolute atomic E-state index is 0.0961. The van der Waals surface area contributed by atoms with E-state index in [2.05, 4.69) is 10.3 Å². The van der Waals surface area contributed by atoms with Gasteiger partial charge in [0.15, 0.2) is 0 Å². The zero-order chi connectivity index (χ0) is 13.5. The fraction of sp³-hybridized carbons (Fsp3) is 0.538. The van der Waals surface area contributed by atoms with Crippen LogP contribution in [0.4, 0.5) is 0 Å². The standard InChI is InChI=1S/C13H21N3O2/c1-4-16(5-2)13(18)10(3)14-8-11-6-7-12(17)9-15-11/h6-7,9-10,14,17H,4-5,8H2,1-3H3. The summed E-state index contributed by atoms with van der Waals surface area (Å²) < 4.78 is 0. The van der Waals surface area contributed by atoms with E-state index >= 15 is 0 Å². The molecule has 1 heterocycles. The molecule has 1 atom stereocenters. The number of likely N-dealkylation sites (N-methyl/N-ethyl adjacent to an activating group) is 1. The molecule has 2 N–H and O–H groups in total. The number of aromatic nitrogens is 1. The number of rotatable bonds is 6. The van der Waals surface area contributed by atoms with Gasteiger partial charge in [-0.25, -0.2) is 0 Å². The first-order valence-electron chi connectivity index (χ1n) is 6.24. The first kappa shape index (κ1) is 14.4. The van der Waals surface area contributed by atoms with Crippen molar-refractivity contribution in [1.29, 1.82) is 0 Å². The van der Waals surface area contributed by atoms with Crippen LogP contribution in [-0.2, 0) is 11.3 Å². The number of amides is 1. The van der Waals surface area contributed by atoms with E-state index in [4.69, 9.17) is 5.11 Å². The molecule has 0 bridgehead atoms. The molecular formula is C13H21N3O2. The van der Waals surface area contributed by atoms with Gasteiger partial charge in [-0.2, -0.15) is 0 Å². The number of carbonyl (C=O) groups excluding carboxylic acids is 1. The maximum Gasteiger partial charge on any atom is 0.239 e. The second-order valence-electron chi connectivity index (χ2n) is 4.12. The maximum absolute atomic E-state index is 12.0. The van der Waals surface area contributed by atoms with Crippen molar-refractivity contribution in [2.45, 2.75) is 33.4 Å². The highest BCUT2D eigenvalue weighted by atomic mass is 16.3. The van der Waals surface area contributed by atoms with Crippen molar-refractivity contribution in [2.24, 2.45) is 0 Å². The molecule has 0 aliphatic heterocycles. The lowest BCUT2D eigenvalue weighted by molar-refractivity contribution is -0.132. The number of nitrogens with zero attached hydrogens (tertiary/aromatic N) is 2. The van der Waals surface area contributed by atoms with Gasteiger partial charge >= 0.3 is 0 Å². The quantitative estimate of drug-likeness (QED) is 0.795. The van der Waals surface area contributed by atoms with Gasteiger partial charge in [0.2, 0.25) is 5.91 Å². The first-order valence-corrected chi connectivity index (χ1v) is 6.24. The molecule has 1 aromatic rings. The third-order valence-corrected chi connectivity index (χ3v) is 2.84. The minimum Gasteiger partial charge on any atom is -0.506 e. The highest BCUT2D eigenvalue weighted by molar-refractivity contribution is 5.81. The molecule has 18 heavy (non-hydrogen) atoms. The first-order chi connectivity index (χ1) is 8.58. The average Bonchev–Trinajstić information content (AvgIpc) is 2.39. The van der Waals surface area contributed by atoms with Gasteiger partial charge in [0.05, 0.1) is 17.9 Å². The fourth-order valence-corrected chi connectivity index (χ4v) is 1.68. The molecule has 0 radical (unpaired) electrons. The predicted octanol–water partition coefficient (Wildman–Crippen LogP) is 1.13. The van der Waals surface area contributed by atoms with Crippen LogP contribution in [0.25, 0.3) is 0 Å². The van der Waals surface area contributed by atoms with Gasteiger partial charge in [-0.15, -0.1) is 0 Å². The molecule has 0 fully saturated rings. The maximum atomic E-state index is 12.0. The molecule has 0 spiro atoms. The molecular weight excluding hydrogens is 230 g/mol. The lowest BCUT2D eigenvalue weighted by Gasteiger charge is -2.23. The van der Waals surface area contributed by atoms with Crippen LogP contribution in [0.5, 0.6) is 5.75 Å². The van der Waals surface area contributed by atoms with Crippen LogP contribution in [0.15, 0.2) is 18.3 Å². The summed E-state index contributed by atoms with van der Waals surface area (Å²) in [6.45, 7) is 7.73. The van der Waals surface area contributed by atoms with Gasteiger partial charge in [0, 0.05) is 19.6 Å². The minimum atomic E-state index is -0.236. The molecule has 1 amide bonds. The molecule has 1 unspecified atom stereocenters. The summed E-state index contributed by atoms with van der Waals surface area (Å²) >= 11 is 0.